The number of benzene rings is 1. The lowest BCUT2D eigenvalue weighted by atomic mass is 9.86. The minimum Gasteiger partial charge on any atom is -0.481 e. The normalized spacial score (nSPS) is 20.4. The molecule has 0 heterocycles. The Labute approximate surface area is 140 Å². The molecule has 0 unspecified atom stereocenters. The van der Waals surface area contributed by atoms with Crippen molar-refractivity contribution in [1.29, 1.82) is 0 Å². The van der Waals surface area contributed by atoms with Gasteiger partial charge in [-0.1, -0.05) is 31.9 Å². The van der Waals surface area contributed by atoms with Crippen LogP contribution in [0.1, 0.15) is 32.6 Å². The van der Waals surface area contributed by atoms with Crippen LogP contribution in [0.5, 0.6) is 5.75 Å². The first kappa shape index (κ1) is 17.5. The largest absolute Gasteiger partial charge is 0.481 e. The Morgan fingerprint density at radius 2 is 2.04 bits per heavy atom. The standard InChI is InChI=1S/C16H22FN3O2S/c1-11-6-2-4-8-13(11)18-16(23)20-19-15(21)10-22-14-9-5-3-7-12(14)17/h3,5,7,9,11,13H,2,4,6,8,10H2,1H3,(H,19,21)(H2,18,20,23)/t11-,13-/m1/s1. The van der Waals surface area contributed by atoms with Gasteiger partial charge >= 0.3 is 0 Å². The molecular weight excluding hydrogens is 317 g/mol. The Hall–Kier alpha value is -1.89. The lowest BCUT2D eigenvalue weighted by molar-refractivity contribution is -0.123. The fourth-order valence-corrected chi connectivity index (χ4v) is 2.81. The van der Waals surface area contributed by atoms with Gasteiger partial charge in [-0.25, -0.2) is 4.39 Å². The minimum absolute atomic E-state index is 0.0411. The van der Waals surface area contributed by atoms with Crippen LogP contribution < -0.4 is 20.9 Å². The number of ether oxygens (including phenoxy) is 1. The molecule has 0 saturated heterocycles. The predicted molar refractivity (Wildman–Crippen MR) is 90.3 cm³/mol. The number of hydrazine groups is 1. The van der Waals surface area contributed by atoms with Crippen LogP contribution in [0.15, 0.2) is 24.3 Å². The zero-order chi connectivity index (χ0) is 16.7. The summed E-state index contributed by atoms with van der Waals surface area (Å²) in [5.41, 5.74) is 5.08. The maximum absolute atomic E-state index is 13.3. The summed E-state index contributed by atoms with van der Waals surface area (Å²) in [5.74, 6) is -0.339. The molecule has 2 rings (SSSR count). The molecule has 1 aromatic rings. The molecule has 23 heavy (non-hydrogen) atoms. The van der Waals surface area contributed by atoms with Gasteiger partial charge in [-0.05, 0) is 43.1 Å². The fourth-order valence-electron chi connectivity index (χ4n) is 2.60. The maximum Gasteiger partial charge on any atom is 0.276 e. The molecule has 1 saturated carbocycles. The summed E-state index contributed by atoms with van der Waals surface area (Å²) in [6, 6.07) is 6.26. The molecule has 1 aliphatic carbocycles. The van der Waals surface area contributed by atoms with Crippen molar-refractivity contribution < 1.29 is 13.9 Å². The van der Waals surface area contributed by atoms with Gasteiger partial charge in [0.05, 0.1) is 0 Å². The number of carbonyl (C=O) groups excluding carboxylic acids is 1. The summed E-state index contributed by atoms with van der Waals surface area (Å²) >= 11 is 5.17. The van der Waals surface area contributed by atoms with E-state index in [0.717, 1.165) is 6.42 Å². The van der Waals surface area contributed by atoms with E-state index in [1.54, 1.807) is 12.1 Å². The Bertz CT molecular complexity index is 556. The molecule has 0 radical (unpaired) electrons. The summed E-state index contributed by atoms with van der Waals surface area (Å²) in [6.45, 7) is 1.90. The molecule has 2 atom stereocenters. The van der Waals surface area contributed by atoms with Crippen LogP contribution in [0.2, 0.25) is 0 Å². The van der Waals surface area contributed by atoms with E-state index in [1.165, 1.54) is 31.4 Å². The van der Waals surface area contributed by atoms with Crippen molar-refractivity contribution in [1.82, 2.24) is 16.2 Å². The first-order valence-corrected chi connectivity index (χ1v) is 8.20. The topological polar surface area (TPSA) is 62.4 Å². The van der Waals surface area contributed by atoms with Crippen molar-refractivity contribution in [2.24, 2.45) is 5.92 Å². The third-order valence-corrected chi connectivity index (χ3v) is 4.16. The molecule has 5 nitrogen and oxygen atoms in total. The van der Waals surface area contributed by atoms with E-state index in [2.05, 4.69) is 23.1 Å². The summed E-state index contributed by atoms with van der Waals surface area (Å²) in [5, 5.41) is 3.59. The zero-order valence-corrected chi connectivity index (χ0v) is 13.9. The smallest absolute Gasteiger partial charge is 0.276 e. The Balaban J connectivity index is 1.67. The Morgan fingerprint density at radius 3 is 2.78 bits per heavy atom. The minimum atomic E-state index is -0.503. The number of para-hydroxylation sites is 1. The summed E-state index contributed by atoms with van der Waals surface area (Å²) in [4.78, 5) is 11.7. The van der Waals surface area contributed by atoms with Crippen LogP contribution in [-0.4, -0.2) is 23.7 Å². The van der Waals surface area contributed by atoms with E-state index >= 15 is 0 Å². The first-order valence-electron chi connectivity index (χ1n) is 7.79. The molecule has 1 fully saturated rings. The second-order valence-corrected chi connectivity index (χ2v) is 6.14. The first-order chi connectivity index (χ1) is 11.1. The quantitative estimate of drug-likeness (QED) is 0.580. The molecule has 3 N–H and O–H groups in total. The van der Waals surface area contributed by atoms with Gasteiger partial charge in [0.15, 0.2) is 23.3 Å². The zero-order valence-electron chi connectivity index (χ0n) is 13.1. The third kappa shape index (κ3) is 5.67. The molecule has 1 amide bonds. The number of halogens is 1. The van der Waals surface area contributed by atoms with Crippen LogP contribution in [-0.2, 0) is 4.79 Å². The van der Waals surface area contributed by atoms with Crippen LogP contribution in [0.4, 0.5) is 4.39 Å². The van der Waals surface area contributed by atoms with Gasteiger partial charge in [-0.15, -0.1) is 0 Å². The molecule has 0 aliphatic heterocycles. The molecule has 7 heteroatoms. The predicted octanol–water partition coefficient (Wildman–Crippen LogP) is 2.28. The SMILES string of the molecule is C[C@@H]1CCCC[C@H]1NC(=S)NNC(=O)COc1ccccc1F. The van der Waals surface area contributed by atoms with Crippen LogP contribution >= 0.6 is 12.2 Å². The third-order valence-electron chi connectivity index (χ3n) is 3.94. The average Bonchev–Trinajstić information content (AvgIpc) is 2.54. The van der Waals surface area contributed by atoms with E-state index < -0.39 is 11.7 Å². The van der Waals surface area contributed by atoms with Crippen LogP contribution in [0, 0.1) is 11.7 Å². The van der Waals surface area contributed by atoms with E-state index in [4.69, 9.17) is 17.0 Å². The number of carbonyl (C=O) groups is 1. The van der Waals surface area contributed by atoms with Crippen LogP contribution in [0.3, 0.4) is 0 Å². The second-order valence-electron chi connectivity index (χ2n) is 5.73. The monoisotopic (exact) mass is 339 g/mol. The number of rotatable bonds is 4. The number of hydrogen-bond acceptors (Lipinski definition) is 3. The highest BCUT2D eigenvalue weighted by Gasteiger charge is 2.21. The van der Waals surface area contributed by atoms with Crippen molar-refractivity contribution in [2.45, 2.75) is 38.6 Å². The lowest BCUT2D eigenvalue weighted by Gasteiger charge is -2.30. The number of thiocarbonyl (C=S) groups is 1. The van der Waals surface area contributed by atoms with Crippen molar-refractivity contribution in [3.8, 4) is 5.75 Å². The van der Waals surface area contributed by atoms with E-state index in [0.29, 0.717) is 17.1 Å². The molecule has 0 bridgehead atoms. The van der Waals surface area contributed by atoms with Gasteiger partial charge in [0.2, 0.25) is 0 Å². The molecule has 0 aromatic heterocycles. The van der Waals surface area contributed by atoms with Crippen molar-refractivity contribution >= 4 is 23.2 Å². The highest BCUT2D eigenvalue weighted by atomic mass is 32.1. The highest BCUT2D eigenvalue weighted by Crippen LogP contribution is 2.23. The second kappa shape index (κ2) is 8.67. The maximum atomic E-state index is 13.3. The number of hydrogen-bond donors (Lipinski definition) is 3. The summed E-state index contributed by atoms with van der Waals surface area (Å²) < 4.78 is 18.5. The van der Waals surface area contributed by atoms with E-state index in [-0.39, 0.29) is 12.4 Å². The molecule has 126 valence electrons. The van der Waals surface area contributed by atoms with Crippen LogP contribution in [0.25, 0.3) is 0 Å². The van der Waals surface area contributed by atoms with Crippen molar-refractivity contribution in [3.63, 3.8) is 0 Å². The molecule has 0 spiro atoms. The van der Waals surface area contributed by atoms with Crippen molar-refractivity contribution in [3.05, 3.63) is 30.1 Å². The van der Waals surface area contributed by atoms with Gasteiger partial charge in [0, 0.05) is 6.04 Å². The average molecular weight is 339 g/mol. The van der Waals surface area contributed by atoms with Gasteiger partial charge in [0.25, 0.3) is 5.91 Å². The molecule has 1 aromatic carbocycles. The van der Waals surface area contributed by atoms with E-state index in [1.807, 2.05) is 0 Å². The molecular formula is C16H22FN3O2S. The fraction of sp³-hybridized carbons (Fsp3) is 0.500. The van der Waals surface area contributed by atoms with Gasteiger partial charge in [-0.2, -0.15) is 0 Å². The number of amides is 1. The Morgan fingerprint density at radius 1 is 1.30 bits per heavy atom. The van der Waals surface area contributed by atoms with E-state index in [9.17, 15) is 9.18 Å². The summed E-state index contributed by atoms with van der Waals surface area (Å²) in [6.07, 6.45) is 4.70. The van der Waals surface area contributed by atoms with Crippen molar-refractivity contribution in [2.75, 3.05) is 6.61 Å². The van der Waals surface area contributed by atoms with Gasteiger partial charge < -0.3 is 10.1 Å². The van der Waals surface area contributed by atoms with Gasteiger partial charge in [-0.3, -0.25) is 15.6 Å². The highest BCUT2D eigenvalue weighted by molar-refractivity contribution is 7.80. The molecule has 1 aliphatic rings. The van der Waals surface area contributed by atoms with Gasteiger partial charge in [0.1, 0.15) is 0 Å². The summed E-state index contributed by atoms with van der Waals surface area (Å²) in [7, 11) is 0. The number of nitrogens with one attached hydrogen (secondary N) is 3. The lowest BCUT2D eigenvalue weighted by Crippen LogP contribution is -2.52. The Kier molecular flexibility index (Phi) is 6.58.